The molecule has 2 aromatic heterocycles. The first-order chi connectivity index (χ1) is 18.0. The van der Waals surface area contributed by atoms with Crippen molar-refractivity contribution < 1.29 is 9.59 Å². The second-order valence-electron chi connectivity index (χ2n) is 8.20. The molecule has 5 rings (SSSR count). The van der Waals surface area contributed by atoms with Crippen LogP contribution >= 0.6 is 11.6 Å². The highest BCUT2D eigenvalue weighted by Crippen LogP contribution is 2.20. The summed E-state index contributed by atoms with van der Waals surface area (Å²) in [5.41, 5.74) is 3.57. The molecular formula is C26H21ClN8O2. The molecule has 0 fully saturated rings. The number of amides is 2. The first kappa shape index (κ1) is 23.9. The van der Waals surface area contributed by atoms with E-state index in [2.05, 4.69) is 36.4 Å². The number of carbonyl (C=O) groups is 2. The highest BCUT2D eigenvalue weighted by Gasteiger charge is 2.21. The van der Waals surface area contributed by atoms with Crippen molar-refractivity contribution >= 4 is 46.1 Å². The molecule has 0 saturated carbocycles. The SMILES string of the molecule is O=C(C=Cc1cc(Cl)ccc1-n1cnnn1)N[C@@H](Cc1ccccc1)C(=O)Nc1ccc2cn[nH]c2c1. The first-order valence-electron chi connectivity index (χ1n) is 11.3. The molecule has 184 valence electrons. The Bertz CT molecular complexity index is 1560. The number of anilines is 1. The Morgan fingerprint density at radius 1 is 1.08 bits per heavy atom. The zero-order chi connectivity index (χ0) is 25.6. The minimum Gasteiger partial charge on any atom is -0.340 e. The van der Waals surface area contributed by atoms with Gasteiger partial charge < -0.3 is 10.6 Å². The average Bonchev–Trinajstić information content (AvgIpc) is 3.60. The molecule has 3 aromatic carbocycles. The van der Waals surface area contributed by atoms with Gasteiger partial charge in [0.05, 0.1) is 17.4 Å². The number of fused-ring (bicyclic) bond motifs is 1. The lowest BCUT2D eigenvalue weighted by molar-refractivity contribution is -0.123. The maximum atomic E-state index is 13.2. The summed E-state index contributed by atoms with van der Waals surface area (Å²) < 4.78 is 1.47. The van der Waals surface area contributed by atoms with E-state index >= 15 is 0 Å². The Morgan fingerprint density at radius 3 is 2.76 bits per heavy atom. The zero-order valence-electron chi connectivity index (χ0n) is 19.4. The van der Waals surface area contributed by atoms with E-state index < -0.39 is 11.9 Å². The average molecular weight is 513 g/mol. The normalized spacial score (nSPS) is 12.0. The standard InChI is InChI=1S/C26H21ClN8O2/c27-20-8-10-24(35-16-29-33-34-35)18(13-20)7-11-25(36)31-23(12-17-4-2-1-3-5-17)26(37)30-21-9-6-19-15-28-32-22(19)14-21/h1-11,13-16,23H,12H2,(H,28,32)(H,30,37)(H,31,36)/t23-/m0/s1. The second kappa shape index (κ2) is 10.8. The van der Waals surface area contributed by atoms with E-state index in [1.807, 2.05) is 36.4 Å². The molecule has 1 atom stereocenters. The summed E-state index contributed by atoms with van der Waals surface area (Å²) in [5.74, 6) is -0.788. The molecule has 0 saturated heterocycles. The number of nitrogens with zero attached hydrogens (tertiary/aromatic N) is 5. The van der Waals surface area contributed by atoms with Crippen LogP contribution in [0.5, 0.6) is 0 Å². The molecule has 0 aliphatic carbocycles. The number of rotatable bonds is 8. The van der Waals surface area contributed by atoms with Gasteiger partial charge in [-0.05, 0) is 58.5 Å². The molecule has 10 nitrogen and oxygen atoms in total. The summed E-state index contributed by atoms with van der Waals surface area (Å²) in [6, 6.07) is 19.2. The van der Waals surface area contributed by atoms with Gasteiger partial charge in [0.2, 0.25) is 11.8 Å². The van der Waals surface area contributed by atoms with E-state index in [4.69, 9.17) is 11.6 Å². The highest BCUT2D eigenvalue weighted by molar-refractivity contribution is 6.30. The van der Waals surface area contributed by atoms with E-state index in [9.17, 15) is 9.59 Å². The topological polar surface area (TPSA) is 130 Å². The summed E-state index contributed by atoms with van der Waals surface area (Å²) in [4.78, 5) is 26.2. The Kier molecular flexibility index (Phi) is 7.00. The van der Waals surface area contributed by atoms with E-state index in [0.717, 1.165) is 16.5 Å². The third kappa shape index (κ3) is 5.88. The van der Waals surface area contributed by atoms with Gasteiger partial charge in [-0.15, -0.1) is 5.10 Å². The van der Waals surface area contributed by atoms with Crippen LogP contribution in [0.3, 0.4) is 0 Å². The predicted molar refractivity (Wildman–Crippen MR) is 140 cm³/mol. The quantitative estimate of drug-likeness (QED) is 0.272. The summed E-state index contributed by atoms with van der Waals surface area (Å²) in [6.45, 7) is 0. The molecule has 0 aliphatic rings. The Labute approximate surface area is 216 Å². The molecule has 11 heteroatoms. The minimum atomic E-state index is -0.824. The third-order valence-corrected chi connectivity index (χ3v) is 5.86. The second-order valence-corrected chi connectivity index (χ2v) is 8.64. The molecule has 0 aliphatic heterocycles. The molecule has 0 spiro atoms. The number of halogens is 1. The molecule has 3 N–H and O–H groups in total. The van der Waals surface area contributed by atoms with Crippen LogP contribution in [0, 0.1) is 0 Å². The van der Waals surface area contributed by atoms with Crippen LogP contribution in [0.1, 0.15) is 11.1 Å². The van der Waals surface area contributed by atoms with E-state index in [-0.39, 0.29) is 5.91 Å². The first-order valence-corrected chi connectivity index (χ1v) is 11.7. The van der Waals surface area contributed by atoms with Gasteiger partial charge in [-0.2, -0.15) is 9.78 Å². The lowest BCUT2D eigenvalue weighted by Gasteiger charge is -2.18. The zero-order valence-corrected chi connectivity index (χ0v) is 20.1. The van der Waals surface area contributed by atoms with Gasteiger partial charge in [0, 0.05) is 34.2 Å². The van der Waals surface area contributed by atoms with Crippen molar-refractivity contribution in [2.45, 2.75) is 12.5 Å². The van der Waals surface area contributed by atoms with Crippen molar-refractivity contribution in [3.05, 3.63) is 101 Å². The van der Waals surface area contributed by atoms with Gasteiger partial charge in [-0.3, -0.25) is 14.7 Å². The summed E-state index contributed by atoms with van der Waals surface area (Å²) in [7, 11) is 0. The van der Waals surface area contributed by atoms with E-state index in [1.165, 1.54) is 17.1 Å². The summed E-state index contributed by atoms with van der Waals surface area (Å²) in [6.07, 6.45) is 6.41. The van der Waals surface area contributed by atoms with Crippen molar-refractivity contribution in [1.29, 1.82) is 0 Å². The molecule has 5 aromatic rings. The van der Waals surface area contributed by atoms with E-state index in [1.54, 1.807) is 42.6 Å². The number of carbonyl (C=O) groups excluding carboxylic acids is 2. The highest BCUT2D eigenvalue weighted by atomic mass is 35.5. The molecular weight excluding hydrogens is 492 g/mol. The van der Waals surface area contributed by atoms with Gasteiger partial charge in [0.1, 0.15) is 12.4 Å². The number of aromatic nitrogens is 6. The number of hydrogen-bond donors (Lipinski definition) is 3. The monoisotopic (exact) mass is 512 g/mol. The fraction of sp³-hybridized carbons (Fsp3) is 0.0769. The third-order valence-electron chi connectivity index (χ3n) is 5.62. The van der Waals surface area contributed by atoms with Crippen molar-refractivity contribution in [2.24, 2.45) is 0 Å². The molecule has 0 unspecified atom stereocenters. The van der Waals surface area contributed by atoms with Gasteiger partial charge >= 0.3 is 0 Å². The van der Waals surface area contributed by atoms with Crippen LogP contribution < -0.4 is 10.6 Å². The fourth-order valence-electron chi connectivity index (χ4n) is 3.83. The van der Waals surface area contributed by atoms with Gasteiger partial charge in [-0.1, -0.05) is 41.9 Å². The van der Waals surface area contributed by atoms with Crippen LogP contribution in [0.15, 0.2) is 85.3 Å². The van der Waals surface area contributed by atoms with Crippen LogP contribution in [0.25, 0.3) is 22.7 Å². The fourth-order valence-corrected chi connectivity index (χ4v) is 4.01. The summed E-state index contributed by atoms with van der Waals surface area (Å²) in [5, 5.41) is 25.2. The van der Waals surface area contributed by atoms with Gasteiger partial charge in [0.15, 0.2) is 0 Å². The number of aromatic amines is 1. The van der Waals surface area contributed by atoms with E-state index in [0.29, 0.717) is 28.4 Å². The van der Waals surface area contributed by atoms with Crippen LogP contribution in [0.4, 0.5) is 5.69 Å². The number of nitrogens with one attached hydrogen (secondary N) is 3. The van der Waals surface area contributed by atoms with Crippen molar-refractivity contribution in [3.8, 4) is 5.69 Å². The molecule has 0 radical (unpaired) electrons. The maximum Gasteiger partial charge on any atom is 0.247 e. The lowest BCUT2D eigenvalue weighted by atomic mass is 10.0. The molecule has 2 heterocycles. The van der Waals surface area contributed by atoms with Gasteiger partial charge in [0.25, 0.3) is 0 Å². The van der Waals surface area contributed by atoms with Crippen LogP contribution in [-0.2, 0) is 16.0 Å². The number of tetrazole rings is 1. The van der Waals surface area contributed by atoms with Crippen molar-refractivity contribution in [3.63, 3.8) is 0 Å². The van der Waals surface area contributed by atoms with Crippen LogP contribution in [-0.4, -0.2) is 48.3 Å². The smallest absolute Gasteiger partial charge is 0.247 e. The Hall–Kier alpha value is -4.83. The maximum absolute atomic E-state index is 13.2. The predicted octanol–water partition coefficient (Wildman–Crippen LogP) is 3.57. The molecule has 0 bridgehead atoms. The molecule has 2 amide bonds. The van der Waals surface area contributed by atoms with Crippen molar-refractivity contribution in [1.82, 2.24) is 35.7 Å². The number of H-pyrrole nitrogens is 1. The number of benzene rings is 3. The van der Waals surface area contributed by atoms with Crippen molar-refractivity contribution in [2.75, 3.05) is 5.32 Å². The van der Waals surface area contributed by atoms with Gasteiger partial charge in [-0.25, -0.2) is 0 Å². The largest absolute Gasteiger partial charge is 0.340 e. The molecule has 37 heavy (non-hydrogen) atoms. The Balaban J connectivity index is 1.35. The Morgan fingerprint density at radius 2 is 1.95 bits per heavy atom. The van der Waals surface area contributed by atoms with Crippen LogP contribution in [0.2, 0.25) is 5.02 Å². The summed E-state index contributed by atoms with van der Waals surface area (Å²) >= 11 is 6.16. The number of hydrogen-bond acceptors (Lipinski definition) is 6. The lowest BCUT2D eigenvalue weighted by Crippen LogP contribution is -2.44. The minimum absolute atomic E-state index is 0.311.